The smallest absolute Gasteiger partial charge is 0.326 e. The molecule has 2 rings (SSSR count). The molecule has 1 aliphatic rings. The number of nitrogens with two attached hydrogens (primary N) is 1. The van der Waals surface area contributed by atoms with Gasteiger partial charge in [0.1, 0.15) is 18.1 Å². The van der Waals surface area contributed by atoms with Crippen molar-refractivity contribution < 1.29 is 24.3 Å². The summed E-state index contributed by atoms with van der Waals surface area (Å²) in [4.78, 5) is 52.5. The van der Waals surface area contributed by atoms with Crippen LogP contribution in [0.2, 0.25) is 0 Å². The highest BCUT2D eigenvalue weighted by atomic mass is 32.2. The number of carboxylic acids is 1. The number of hydrogen-bond acceptors (Lipinski definition) is 6. The molecule has 5 N–H and O–H groups in total. The summed E-state index contributed by atoms with van der Waals surface area (Å²) in [5, 5.41) is 14.9. The number of likely N-dealkylation sites (tertiary alicyclic amines) is 1. The summed E-state index contributed by atoms with van der Waals surface area (Å²) in [6.45, 7) is 4.19. The highest BCUT2D eigenvalue weighted by Crippen LogP contribution is 2.20. The Labute approximate surface area is 211 Å². The van der Waals surface area contributed by atoms with Crippen molar-refractivity contribution in [3.05, 3.63) is 35.9 Å². The number of nitrogens with zero attached hydrogens (tertiary/aromatic N) is 1. The average Bonchev–Trinajstić information content (AvgIpc) is 3.35. The predicted molar refractivity (Wildman–Crippen MR) is 137 cm³/mol. The molecule has 10 heteroatoms. The number of nitrogens with one attached hydrogen (secondary N) is 2. The molecular formula is C25H38N4O5S. The number of carboxylic acid groups (broad SMARTS) is 1. The molecular weight excluding hydrogens is 468 g/mol. The lowest BCUT2D eigenvalue weighted by atomic mass is 9.98. The summed E-state index contributed by atoms with van der Waals surface area (Å²) in [5.74, 6) is -1.82. The number of benzene rings is 1. The Morgan fingerprint density at radius 2 is 1.86 bits per heavy atom. The molecule has 0 saturated carbocycles. The van der Waals surface area contributed by atoms with Crippen molar-refractivity contribution >= 4 is 35.5 Å². The van der Waals surface area contributed by atoms with Gasteiger partial charge in [-0.25, -0.2) is 4.79 Å². The van der Waals surface area contributed by atoms with Crippen molar-refractivity contribution in [3.8, 4) is 0 Å². The number of thioether (sulfide) groups is 1. The molecule has 0 aliphatic carbocycles. The molecule has 0 aromatic heterocycles. The van der Waals surface area contributed by atoms with E-state index < -0.39 is 42.0 Å². The van der Waals surface area contributed by atoms with E-state index in [0.29, 0.717) is 31.6 Å². The Balaban J connectivity index is 2.20. The highest BCUT2D eigenvalue weighted by molar-refractivity contribution is 7.98. The zero-order valence-electron chi connectivity index (χ0n) is 20.7. The van der Waals surface area contributed by atoms with E-state index in [1.54, 1.807) is 0 Å². The standard InChI is InChI=1S/C25H38N4O5S/c1-4-16(2)21(26)23(31)28-19(15-17-9-6-5-7-10-17)24(32)29-13-8-11-20(29)22(30)27-18(25(33)34)12-14-35-3/h5-7,9-10,16,18-21H,4,8,11-15,26H2,1-3H3,(H,27,30)(H,28,31)(H,33,34)/t16-,18-,19-,20-,21-/m0/s1. The summed E-state index contributed by atoms with van der Waals surface area (Å²) < 4.78 is 0. The van der Waals surface area contributed by atoms with Gasteiger partial charge in [-0.1, -0.05) is 50.6 Å². The van der Waals surface area contributed by atoms with Crippen molar-refractivity contribution in [1.82, 2.24) is 15.5 Å². The Bertz CT molecular complexity index is 869. The van der Waals surface area contributed by atoms with E-state index in [1.165, 1.54) is 16.7 Å². The second-order valence-electron chi connectivity index (χ2n) is 9.03. The highest BCUT2D eigenvalue weighted by Gasteiger charge is 2.39. The number of amides is 3. The van der Waals surface area contributed by atoms with Crippen molar-refractivity contribution in [2.24, 2.45) is 11.7 Å². The molecule has 9 nitrogen and oxygen atoms in total. The van der Waals surface area contributed by atoms with Crippen LogP contribution in [-0.2, 0) is 25.6 Å². The van der Waals surface area contributed by atoms with Gasteiger partial charge in [0.05, 0.1) is 6.04 Å². The molecule has 0 unspecified atom stereocenters. The zero-order chi connectivity index (χ0) is 26.0. The normalized spacial score (nSPS) is 18.9. The third-order valence-electron chi connectivity index (χ3n) is 6.52. The lowest BCUT2D eigenvalue weighted by Gasteiger charge is -2.30. The van der Waals surface area contributed by atoms with Gasteiger partial charge in [0.2, 0.25) is 17.7 Å². The van der Waals surface area contributed by atoms with Gasteiger partial charge in [0.25, 0.3) is 0 Å². The Kier molecular flexibility index (Phi) is 11.5. The van der Waals surface area contributed by atoms with Crippen molar-refractivity contribution in [2.45, 2.75) is 70.1 Å². The van der Waals surface area contributed by atoms with Crippen LogP contribution in [-0.4, -0.2) is 76.4 Å². The van der Waals surface area contributed by atoms with Crippen LogP contribution >= 0.6 is 11.8 Å². The van der Waals surface area contributed by atoms with E-state index in [4.69, 9.17) is 5.73 Å². The van der Waals surface area contributed by atoms with Crippen LogP contribution in [0.5, 0.6) is 0 Å². The molecule has 1 heterocycles. The molecule has 1 aromatic carbocycles. The molecule has 3 amide bonds. The van der Waals surface area contributed by atoms with E-state index in [2.05, 4.69) is 10.6 Å². The summed E-state index contributed by atoms with van der Waals surface area (Å²) in [6, 6.07) is 5.90. The van der Waals surface area contributed by atoms with E-state index in [1.807, 2.05) is 50.4 Å². The maximum Gasteiger partial charge on any atom is 0.326 e. The van der Waals surface area contributed by atoms with Crippen molar-refractivity contribution in [2.75, 3.05) is 18.6 Å². The molecule has 1 fully saturated rings. The minimum atomic E-state index is -1.10. The number of rotatable bonds is 13. The Morgan fingerprint density at radius 1 is 1.17 bits per heavy atom. The van der Waals surface area contributed by atoms with Crippen molar-refractivity contribution in [3.63, 3.8) is 0 Å². The molecule has 0 radical (unpaired) electrons. The summed E-state index contributed by atoms with van der Waals surface area (Å²) >= 11 is 1.50. The molecule has 1 aromatic rings. The largest absolute Gasteiger partial charge is 0.480 e. The minimum absolute atomic E-state index is 0.0537. The van der Waals surface area contributed by atoms with Gasteiger partial charge in [-0.2, -0.15) is 11.8 Å². The summed E-state index contributed by atoms with van der Waals surface area (Å²) in [5.41, 5.74) is 6.97. The second kappa shape index (κ2) is 14.1. The third-order valence-corrected chi connectivity index (χ3v) is 7.16. The number of carbonyl (C=O) groups is 4. The van der Waals surface area contributed by atoms with Gasteiger partial charge in [0, 0.05) is 13.0 Å². The molecule has 1 aliphatic heterocycles. The maximum absolute atomic E-state index is 13.6. The maximum atomic E-state index is 13.6. The topological polar surface area (TPSA) is 142 Å². The molecule has 1 saturated heterocycles. The summed E-state index contributed by atoms with van der Waals surface area (Å²) in [7, 11) is 0. The van der Waals surface area contributed by atoms with Gasteiger partial charge in [-0.15, -0.1) is 0 Å². The third kappa shape index (κ3) is 8.24. The van der Waals surface area contributed by atoms with E-state index in [0.717, 1.165) is 12.0 Å². The van der Waals surface area contributed by atoms with Gasteiger partial charge in [-0.3, -0.25) is 14.4 Å². The van der Waals surface area contributed by atoms with Crippen LogP contribution in [0.15, 0.2) is 30.3 Å². The molecule has 5 atom stereocenters. The molecule has 0 spiro atoms. The van der Waals surface area contributed by atoms with Gasteiger partial charge < -0.3 is 26.4 Å². The van der Waals surface area contributed by atoms with Crippen LogP contribution in [0.4, 0.5) is 0 Å². The fourth-order valence-electron chi connectivity index (χ4n) is 4.09. The van der Waals surface area contributed by atoms with E-state index in [9.17, 15) is 24.3 Å². The van der Waals surface area contributed by atoms with Gasteiger partial charge >= 0.3 is 5.97 Å². The van der Waals surface area contributed by atoms with Crippen LogP contribution in [0.1, 0.15) is 45.1 Å². The SMILES string of the molecule is CC[C@H](C)[C@H](N)C(=O)N[C@@H](Cc1ccccc1)C(=O)N1CCC[C@H]1C(=O)N[C@@H](CCSC)C(=O)O. The first-order chi connectivity index (χ1) is 16.7. The number of aliphatic carboxylic acids is 1. The fourth-order valence-corrected chi connectivity index (χ4v) is 4.57. The first-order valence-corrected chi connectivity index (χ1v) is 13.5. The van der Waals surface area contributed by atoms with Crippen LogP contribution in [0.3, 0.4) is 0 Å². The fraction of sp³-hybridized carbons (Fsp3) is 0.600. The predicted octanol–water partition coefficient (Wildman–Crippen LogP) is 1.40. The quantitative estimate of drug-likeness (QED) is 0.317. The van der Waals surface area contributed by atoms with Crippen LogP contribution in [0.25, 0.3) is 0 Å². The van der Waals surface area contributed by atoms with E-state index in [-0.39, 0.29) is 18.2 Å². The van der Waals surface area contributed by atoms with E-state index >= 15 is 0 Å². The van der Waals surface area contributed by atoms with Gasteiger partial charge in [-0.05, 0) is 42.8 Å². The zero-order valence-corrected chi connectivity index (χ0v) is 21.6. The Morgan fingerprint density at radius 3 is 2.46 bits per heavy atom. The average molecular weight is 507 g/mol. The molecule has 0 bridgehead atoms. The lowest BCUT2D eigenvalue weighted by Crippen LogP contribution is -2.58. The number of hydrogen-bond donors (Lipinski definition) is 4. The monoisotopic (exact) mass is 506 g/mol. The van der Waals surface area contributed by atoms with Gasteiger partial charge in [0.15, 0.2) is 0 Å². The first kappa shape index (κ1) is 28.6. The molecule has 194 valence electrons. The second-order valence-corrected chi connectivity index (χ2v) is 10.0. The number of carbonyl (C=O) groups excluding carboxylic acids is 3. The van der Waals surface area contributed by atoms with Crippen LogP contribution < -0.4 is 16.4 Å². The Hall–Kier alpha value is -2.59. The minimum Gasteiger partial charge on any atom is -0.480 e. The van der Waals surface area contributed by atoms with Crippen molar-refractivity contribution in [1.29, 1.82) is 0 Å². The molecule has 35 heavy (non-hydrogen) atoms. The summed E-state index contributed by atoms with van der Waals surface area (Å²) in [6.07, 6.45) is 4.20. The van der Waals surface area contributed by atoms with Crippen LogP contribution in [0, 0.1) is 5.92 Å². The lowest BCUT2D eigenvalue weighted by molar-refractivity contribution is -0.145. The first-order valence-electron chi connectivity index (χ1n) is 12.1.